The molecule has 0 aliphatic carbocycles. The molecule has 3 aromatic carbocycles. The Hall–Kier alpha value is -4.30. The van der Waals surface area contributed by atoms with E-state index in [0.29, 0.717) is 27.8 Å². The third-order valence-electron chi connectivity index (χ3n) is 5.59. The summed E-state index contributed by atoms with van der Waals surface area (Å²) < 4.78 is 5.36. The number of fused-ring (bicyclic) bond motifs is 1. The summed E-state index contributed by atoms with van der Waals surface area (Å²) in [4.78, 5) is 28.9. The molecule has 1 heterocycles. The summed E-state index contributed by atoms with van der Waals surface area (Å²) in [6.07, 6.45) is 1.64. The van der Waals surface area contributed by atoms with Gasteiger partial charge in [-0.25, -0.2) is 4.98 Å². The van der Waals surface area contributed by atoms with Crippen LogP contribution in [0.15, 0.2) is 72.9 Å². The number of pyridine rings is 1. The molecule has 0 saturated carbocycles. The maximum Gasteiger partial charge on any atom is 0.247 e. The van der Waals surface area contributed by atoms with Crippen LogP contribution in [0, 0.1) is 0 Å². The highest BCUT2D eigenvalue weighted by molar-refractivity contribution is 6.32. The predicted octanol–water partition coefficient (Wildman–Crippen LogP) is 4.91. The lowest BCUT2D eigenvalue weighted by atomic mass is 10.0. The number of hydrogen-bond donors (Lipinski definition) is 4. The zero-order valence-electron chi connectivity index (χ0n) is 19.8. The Morgan fingerprint density at radius 2 is 1.89 bits per heavy atom. The highest BCUT2D eigenvalue weighted by atomic mass is 35.5. The molecule has 184 valence electrons. The maximum absolute atomic E-state index is 13.4. The standard InChI is InChI=1S/C27H26ClN5O3/c1-16(34)32-20-5-3-4-17(12-20)15-31-27(35)25(19-6-9-23(28)24(14-19)36-2)33-21-7-8-22-18(13-21)10-11-30-26(22)29/h3-14,25,33H,15H2,1-2H3,(H2,29,30)(H,31,35)(H,32,34). The Labute approximate surface area is 213 Å². The molecular formula is C27H26ClN5O3. The van der Waals surface area contributed by atoms with Crippen molar-refractivity contribution in [3.05, 3.63) is 89.1 Å². The summed E-state index contributed by atoms with van der Waals surface area (Å²) >= 11 is 6.22. The molecule has 4 rings (SSSR count). The van der Waals surface area contributed by atoms with Gasteiger partial charge in [-0.3, -0.25) is 9.59 Å². The molecule has 9 heteroatoms. The molecule has 0 saturated heterocycles. The van der Waals surface area contributed by atoms with Crippen molar-refractivity contribution in [2.24, 2.45) is 0 Å². The van der Waals surface area contributed by atoms with Gasteiger partial charge in [0.1, 0.15) is 17.6 Å². The van der Waals surface area contributed by atoms with Crippen LogP contribution in [0.5, 0.6) is 5.75 Å². The van der Waals surface area contributed by atoms with Crippen LogP contribution in [-0.2, 0) is 16.1 Å². The van der Waals surface area contributed by atoms with Gasteiger partial charge in [0.05, 0.1) is 12.1 Å². The second-order valence-electron chi connectivity index (χ2n) is 8.20. The van der Waals surface area contributed by atoms with Gasteiger partial charge in [-0.2, -0.15) is 0 Å². The highest BCUT2D eigenvalue weighted by Crippen LogP contribution is 2.31. The zero-order valence-corrected chi connectivity index (χ0v) is 20.6. The molecule has 36 heavy (non-hydrogen) atoms. The van der Waals surface area contributed by atoms with E-state index in [1.54, 1.807) is 30.5 Å². The number of hydrogen-bond acceptors (Lipinski definition) is 6. The number of nitrogens with two attached hydrogens (primary N) is 1. The number of nitrogens with one attached hydrogen (secondary N) is 3. The van der Waals surface area contributed by atoms with E-state index in [9.17, 15) is 9.59 Å². The van der Waals surface area contributed by atoms with Gasteiger partial charge in [0.25, 0.3) is 0 Å². The van der Waals surface area contributed by atoms with Gasteiger partial charge in [0.2, 0.25) is 11.8 Å². The van der Waals surface area contributed by atoms with Crippen molar-refractivity contribution >= 4 is 51.4 Å². The molecule has 0 aliphatic rings. The van der Waals surface area contributed by atoms with E-state index >= 15 is 0 Å². The SMILES string of the molecule is COc1cc(C(Nc2ccc3c(N)nccc3c2)C(=O)NCc2cccc(NC(C)=O)c2)ccc1Cl. The molecule has 5 N–H and O–H groups in total. The number of amides is 2. The average Bonchev–Trinajstić information content (AvgIpc) is 2.86. The first-order valence-electron chi connectivity index (χ1n) is 11.2. The molecule has 1 atom stereocenters. The minimum absolute atomic E-state index is 0.162. The molecule has 0 spiro atoms. The Bertz CT molecular complexity index is 1430. The number of carbonyl (C=O) groups is 2. The Morgan fingerprint density at radius 3 is 2.67 bits per heavy atom. The van der Waals surface area contributed by atoms with Crippen LogP contribution < -0.4 is 26.4 Å². The van der Waals surface area contributed by atoms with Crippen LogP contribution in [0.4, 0.5) is 17.2 Å². The van der Waals surface area contributed by atoms with Crippen LogP contribution in [0.3, 0.4) is 0 Å². The molecule has 0 radical (unpaired) electrons. The lowest BCUT2D eigenvalue weighted by molar-refractivity contribution is -0.122. The van der Waals surface area contributed by atoms with Crippen LogP contribution in [0.1, 0.15) is 24.1 Å². The number of methoxy groups -OCH3 is 1. The Balaban J connectivity index is 1.60. The fraction of sp³-hybridized carbons (Fsp3) is 0.148. The largest absolute Gasteiger partial charge is 0.495 e. The average molecular weight is 504 g/mol. The maximum atomic E-state index is 13.4. The van der Waals surface area contributed by atoms with Crippen molar-refractivity contribution < 1.29 is 14.3 Å². The first-order chi connectivity index (χ1) is 17.3. The smallest absolute Gasteiger partial charge is 0.247 e. The molecule has 2 amide bonds. The number of nitrogen functional groups attached to an aromatic ring is 1. The molecular weight excluding hydrogens is 478 g/mol. The summed E-state index contributed by atoms with van der Waals surface area (Å²) in [5.41, 5.74) is 8.89. The van der Waals surface area contributed by atoms with Crippen molar-refractivity contribution in [1.29, 1.82) is 0 Å². The van der Waals surface area contributed by atoms with Gasteiger partial charge in [-0.15, -0.1) is 0 Å². The molecule has 1 unspecified atom stereocenters. The number of ether oxygens (including phenoxy) is 1. The minimum atomic E-state index is -0.744. The Morgan fingerprint density at radius 1 is 1.06 bits per heavy atom. The van der Waals surface area contributed by atoms with E-state index in [1.807, 2.05) is 42.5 Å². The van der Waals surface area contributed by atoms with E-state index in [1.165, 1.54) is 14.0 Å². The third kappa shape index (κ3) is 5.84. The van der Waals surface area contributed by atoms with Gasteiger partial charge >= 0.3 is 0 Å². The molecule has 8 nitrogen and oxygen atoms in total. The fourth-order valence-electron chi connectivity index (χ4n) is 3.87. The summed E-state index contributed by atoms with van der Waals surface area (Å²) in [6.45, 7) is 1.72. The van der Waals surface area contributed by atoms with Crippen molar-refractivity contribution in [2.75, 3.05) is 23.5 Å². The lowest BCUT2D eigenvalue weighted by Gasteiger charge is -2.21. The normalized spacial score (nSPS) is 11.5. The monoisotopic (exact) mass is 503 g/mol. The van der Waals surface area contributed by atoms with E-state index in [2.05, 4.69) is 20.9 Å². The van der Waals surface area contributed by atoms with Crippen LogP contribution >= 0.6 is 11.6 Å². The predicted molar refractivity (Wildman–Crippen MR) is 143 cm³/mol. The summed E-state index contributed by atoms with van der Waals surface area (Å²) in [5, 5.41) is 11.2. The van der Waals surface area contributed by atoms with Crippen LogP contribution in [-0.4, -0.2) is 23.9 Å². The van der Waals surface area contributed by atoms with E-state index in [-0.39, 0.29) is 18.4 Å². The van der Waals surface area contributed by atoms with Crippen molar-refractivity contribution in [2.45, 2.75) is 19.5 Å². The fourth-order valence-corrected chi connectivity index (χ4v) is 4.06. The van der Waals surface area contributed by atoms with Gasteiger partial charge in [-0.1, -0.05) is 29.8 Å². The Kier molecular flexibility index (Phi) is 7.56. The topological polar surface area (TPSA) is 118 Å². The highest BCUT2D eigenvalue weighted by Gasteiger charge is 2.22. The van der Waals surface area contributed by atoms with Crippen LogP contribution in [0.25, 0.3) is 10.8 Å². The number of benzene rings is 3. The zero-order chi connectivity index (χ0) is 25.7. The quantitative estimate of drug-likeness (QED) is 0.271. The van der Waals surface area contributed by atoms with Gasteiger partial charge < -0.3 is 26.4 Å². The van der Waals surface area contributed by atoms with Gasteiger partial charge in [-0.05, 0) is 65.0 Å². The van der Waals surface area contributed by atoms with E-state index in [4.69, 9.17) is 22.1 Å². The van der Waals surface area contributed by atoms with Crippen LogP contribution in [0.2, 0.25) is 5.02 Å². The molecule has 0 aliphatic heterocycles. The first-order valence-corrected chi connectivity index (χ1v) is 11.6. The van der Waals surface area contributed by atoms with Gasteiger partial charge in [0.15, 0.2) is 0 Å². The molecule has 0 fully saturated rings. The molecule has 1 aromatic heterocycles. The summed E-state index contributed by atoms with van der Waals surface area (Å²) in [5.74, 6) is 0.495. The number of nitrogens with zero attached hydrogens (tertiary/aromatic N) is 1. The van der Waals surface area contributed by atoms with Crippen molar-refractivity contribution in [3.63, 3.8) is 0 Å². The number of carbonyl (C=O) groups excluding carboxylic acids is 2. The summed E-state index contributed by atoms with van der Waals surface area (Å²) in [6, 6.07) is 19.3. The number of anilines is 3. The molecule has 4 aromatic rings. The summed E-state index contributed by atoms with van der Waals surface area (Å²) in [7, 11) is 1.53. The van der Waals surface area contributed by atoms with Crippen molar-refractivity contribution in [1.82, 2.24) is 10.3 Å². The second-order valence-corrected chi connectivity index (χ2v) is 8.61. The third-order valence-corrected chi connectivity index (χ3v) is 5.90. The number of halogens is 1. The lowest BCUT2D eigenvalue weighted by Crippen LogP contribution is -2.33. The number of aromatic nitrogens is 1. The first kappa shape index (κ1) is 24.8. The van der Waals surface area contributed by atoms with E-state index < -0.39 is 6.04 Å². The van der Waals surface area contributed by atoms with E-state index in [0.717, 1.165) is 22.0 Å². The molecule has 0 bridgehead atoms. The second kappa shape index (κ2) is 11.0. The van der Waals surface area contributed by atoms with Crippen molar-refractivity contribution in [3.8, 4) is 5.75 Å². The minimum Gasteiger partial charge on any atom is -0.495 e. The number of rotatable bonds is 8. The van der Waals surface area contributed by atoms with Gasteiger partial charge in [0, 0.05) is 36.4 Å².